The van der Waals surface area contributed by atoms with Crippen molar-refractivity contribution in [2.45, 2.75) is 116 Å². The Balaban J connectivity index is 1.22. The molecule has 6 aliphatic rings. The molecule has 6 rings (SSSR count). The normalized spacial score (nSPS) is 43.9. The number of carbonyl (C=O) groups excluding carboxylic acids is 1. The Morgan fingerprint density at radius 3 is 2.61 bits per heavy atom. The van der Waals surface area contributed by atoms with Gasteiger partial charge in [-0.3, -0.25) is 0 Å². The van der Waals surface area contributed by atoms with Crippen molar-refractivity contribution in [2.24, 2.45) is 22.7 Å². The van der Waals surface area contributed by atoms with Crippen LogP contribution < -0.4 is 0 Å². The number of hydrogen-bond acceptors (Lipinski definition) is 5. The average molecular weight is 460 g/mol. The minimum atomic E-state index is -0.466. The average Bonchev–Trinajstić information content (AvgIpc) is 3.30. The zero-order valence-electron chi connectivity index (χ0n) is 22.1. The molecule has 0 aromatic carbocycles. The summed E-state index contributed by atoms with van der Waals surface area (Å²) in [6, 6.07) is 0.583. The Labute approximate surface area is 201 Å². The minimum absolute atomic E-state index is 0.0807. The first kappa shape index (κ1) is 23.9. The van der Waals surface area contributed by atoms with E-state index in [0.29, 0.717) is 17.4 Å². The van der Waals surface area contributed by atoms with Gasteiger partial charge in [-0.05, 0) is 97.5 Å². The van der Waals surface area contributed by atoms with Crippen LogP contribution in [0.25, 0.3) is 0 Å². The van der Waals surface area contributed by atoms with E-state index in [-0.39, 0.29) is 36.4 Å². The van der Waals surface area contributed by atoms with E-state index in [1.54, 1.807) is 0 Å². The summed E-state index contributed by atoms with van der Waals surface area (Å²) in [6.07, 6.45) is 6.79. The molecule has 3 saturated heterocycles. The molecule has 0 N–H and O–H groups in total. The van der Waals surface area contributed by atoms with Gasteiger partial charge < -0.3 is 23.8 Å². The van der Waals surface area contributed by atoms with Gasteiger partial charge in [0.25, 0.3) is 0 Å². The van der Waals surface area contributed by atoms with Crippen LogP contribution in [0.1, 0.15) is 80.6 Å². The fourth-order valence-electron chi connectivity index (χ4n) is 8.34. The molecule has 3 heterocycles. The Morgan fingerprint density at radius 1 is 1.21 bits per heavy atom. The summed E-state index contributed by atoms with van der Waals surface area (Å²) in [4.78, 5) is 17.4. The maximum atomic E-state index is 12.9. The van der Waals surface area contributed by atoms with Crippen LogP contribution in [0.15, 0.2) is 0 Å². The summed E-state index contributed by atoms with van der Waals surface area (Å²) in [7, 11) is 2.13. The summed E-state index contributed by atoms with van der Waals surface area (Å²) in [6.45, 7) is 17.1. The SMILES string of the molecule is C[C@H]1N(C(=O)OC(C)(C)C)C[C@@H]2N(C)CC[C@@]21CCCB1O[C@@H]2C[C@@H]3C[C@@H](C3(C)C)[C@]2(C)O1. The van der Waals surface area contributed by atoms with Gasteiger partial charge in [-0.25, -0.2) is 4.79 Å². The second-order valence-corrected chi connectivity index (χ2v) is 13.6. The van der Waals surface area contributed by atoms with Gasteiger partial charge in [0.15, 0.2) is 0 Å². The lowest BCUT2D eigenvalue weighted by atomic mass is 9.43. The molecule has 3 aliphatic carbocycles. The highest BCUT2D eigenvalue weighted by atomic mass is 16.7. The molecule has 7 heteroatoms. The molecule has 3 aliphatic heterocycles. The van der Waals surface area contributed by atoms with Crippen LogP contribution in [0.4, 0.5) is 4.79 Å². The van der Waals surface area contributed by atoms with Crippen LogP contribution in [0.5, 0.6) is 0 Å². The first-order chi connectivity index (χ1) is 15.3. The molecule has 0 spiro atoms. The van der Waals surface area contributed by atoms with Gasteiger partial charge in [0.2, 0.25) is 0 Å². The number of rotatable bonds is 4. The lowest BCUT2D eigenvalue weighted by molar-refractivity contribution is -0.199. The van der Waals surface area contributed by atoms with E-state index in [1.165, 1.54) is 6.42 Å². The lowest BCUT2D eigenvalue weighted by Gasteiger charge is -2.64. The second kappa shape index (κ2) is 7.60. The monoisotopic (exact) mass is 460 g/mol. The summed E-state index contributed by atoms with van der Waals surface area (Å²) in [5, 5.41) is 0. The smallest absolute Gasteiger partial charge is 0.444 e. The van der Waals surface area contributed by atoms with Crippen LogP contribution in [0.3, 0.4) is 0 Å². The molecule has 0 aromatic rings. The fraction of sp³-hybridized carbons (Fsp3) is 0.962. The molecular formula is C26H45BN2O4. The fourth-order valence-corrected chi connectivity index (χ4v) is 8.34. The van der Waals surface area contributed by atoms with Crippen molar-refractivity contribution in [3.8, 4) is 0 Å². The third-order valence-electron chi connectivity index (χ3n) is 10.5. The maximum absolute atomic E-state index is 12.9. The predicted molar refractivity (Wildman–Crippen MR) is 130 cm³/mol. The molecule has 2 bridgehead atoms. The van der Waals surface area contributed by atoms with Crippen LogP contribution in [-0.4, -0.2) is 72.5 Å². The van der Waals surface area contributed by atoms with Crippen molar-refractivity contribution in [2.75, 3.05) is 20.1 Å². The predicted octanol–water partition coefficient (Wildman–Crippen LogP) is 4.82. The molecule has 0 aromatic heterocycles. The van der Waals surface area contributed by atoms with Gasteiger partial charge in [0.05, 0.1) is 11.7 Å². The van der Waals surface area contributed by atoms with Gasteiger partial charge in [-0.15, -0.1) is 0 Å². The molecule has 0 radical (unpaired) electrons. The van der Waals surface area contributed by atoms with Crippen molar-refractivity contribution < 1.29 is 18.8 Å². The number of fused-ring (bicyclic) bond motifs is 1. The van der Waals surface area contributed by atoms with Gasteiger partial charge in [0, 0.05) is 24.0 Å². The standard InChI is InChI=1S/C26H45BN2O4/c1-17-26(11-13-28(8)20(26)16-29(17)22(30)31-23(2,3)4)10-9-12-27-32-21-15-18-14-19(24(18,5)6)25(21,7)33-27/h17-21H,9-16H2,1-8H3/t17-,18+,19+,20+,21-,25+,26-/m1/s1. The van der Waals surface area contributed by atoms with E-state index in [9.17, 15) is 4.79 Å². The van der Waals surface area contributed by atoms with E-state index in [0.717, 1.165) is 51.0 Å². The molecule has 3 saturated carbocycles. The molecule has 0 unspecified atom stereocenters. The number of likely N-dealkylation sites (N-methyl/N-ethyl adjacent to an activating group) is 1. The molecule has 6 nitrogen and oxygen atoms in total. The van der Waals surface area contributed by atoms with E-state index < -0.39 is 5.60 Å². The van der Waals surface area contributed by atoms with Gasteiger partial charge >= 0.3 is 13.2 Å². The van der Waals surface area contributed by atoms with Crippen LogP contribution >= 0.6 is 0 Å². The number of nitrogens with zero attached hydrogens (tertiary/aromatic N) is 2. The molecule has 186 valence electrons. The van der Waals surface area contributed by atoms with Crippen molar-refractivity contribution in [3.63, 3.8) is 0 Å². The number of ether oxygens (including phenoxy) is 1. The zero-order chi connectivity index (χ0) is 24.0. The Kier molecular flexibility index (Phi) is 5.52. The maximum Gasteiger partial charge on any atom is 0.457 e. The quantitative estimate of drug-likeness (QED) is 0.563. The highest BCUT2D eigenvalue weighted by Crippen LogP contribution is 2.66. The zero-order valence-corrected chi connectivity index (χ0v) is 22.1. The van der Waals surface area contributed by atoms with Crippen molar-refractivity contribution >= 4 is 13.2 Å². The third-order valence-corrected chi connectivity index (χ3v) is 10.5. The van der Waals surface area contributed by atoms with E-state index in [2.05, 4.69) is 39.6 Å². The molecular weight excluding hydrogens is 415 g/mol. The van der Waals surface area contributed by atoms with Crippen LogP contribution in [-0.2, 0) is 14.0 Å². The van der Waals surface area contributed by atoms with Crippen molar-refractivity contribution in [1.29, 1.82) is 0 Å². The molecule has 6 fully saturated rings. The van der Waals surface area contributed by atoms with Crippen molar-refractivity contribution in [3.05, 3.63) is 0 Å². The second-order valence-electron chi connectivity index (χ2n) is 13.6. The first-order valence-electron chi connectivity index (χ1n) is 13.3. The van der Waals surface area contributed by atoms with Gasteiger partial charge in [0.1, 0.15) is 5.60 Å². The first-order valence-corrected chi connectivity index (χ1v) is 13.3. The molecule has 7 atom stereocenters. The number of amides is 1. The molecule has 1 amide bonds. The summed E-state index contributed by atoms with van der Waals surface area (Å²) in [5.74, 6) is 1.40. The summed E-state index contributed by atoms with van der Waals surface area (Å²) >= 11 is 0. The van der Waals surface area contributed by atoms with Gasteiger partial charge in [-0.2, -0.15) is 0 Å². The minimum Gasteiger partial charge on any atom is -0.444 e. The summed E-state index contributed by atoms with van der Waals surface area (Å²) < 4.78 is 18.9. The Bertz CT molecular complexity index is 800. The Morgan fingerprint density at radius 2 is 1.94 bits per heavy atom. The number of likely N-dealkylation sites (tertiary alicyclic amines) is 2. The third kappa shape index (κ3) is 3.58. The topological polar surface area (TPSA) is 51.2 Å². The van der Waals surface area contributed by atoms with Crippen LogP contribution in [0, 0.1) is 22.7 Å². The largest absolute Gasteiger partial charge is 0.457 e. The van der Waals surface area contributed by atoms with E-state index >= 15 is 0 Å². The van der Waals surface area contributed by atoms with Crippen LogP contribution in [0.2, 0.25) is 6.32 Å². The number of hydrogen-bond donors (Lipinski definition) is 0. The number of carbonyl (C=O) groups is 1. The summed E-state index contributed by atoms with van der Waals surface area (Å²) in [5.41, 5.74) is -0.0722. The Hall–Kier alpha value is -0.785. The lowest BCUT2D eigenvalue weighted by Crippen LogP contribution is -2.65. The molecule has 33 heavy (non-hydrogen) atoms. The van der Waals surface area contributed by atoms with Gasteiger partial charge in [-0.1, -0.05) is 20.3 Å². The van der Waals surface area contributed by atoms with Crippen molar-refractivity contribution in [1.82, 2.24) is 9.80 Å². The highest BCUT2D eigenvalue weighted by molar-refractivity contribution is 6.45. The highest BCUT2D eigenvalue weighted by Gasteiger charge is 2.67. The van der Waals surface area contributed by atoms with E-state index in [4.69, 9.17) is 14.0 Å². The van der Waals surface area contributed by atoms with E-state index in [1.807, 2.05) is 25.7 Å².